The number of anilines is 1. The Hall–Kier alpha value is -1.85. The van der Waals surface area contributed by atoms with Crippen molar-refractivity contribution in [1.82, 2.24) is 9.78 Å². The standard InChI is InChI=1S/C17H25N3O3/c1-11-10-15(20(19-11)12-6-2-3-7-12)18-16(21)13-8-4-5-9-14(13)17(22)23/h10,12-14H,2-9H2,1H3,(H,18,21)(H,22,23). The van der Waals surface area contributed by atoms with Crippen LogP contribution in [-0.4, -0.2) is 26.8 Å². The molecule has 2 fully saturated rings. The number of carboxylic acid groups (broad SMARTS) is 1. The maximum atomic E-state index is 12.6. The van der Waals surface area contributed by atoms with Gasteiger partial charge in [-0.05, 0) is 32.6 Å². The molecule has 2 N–H and O–H groups in total. The maximum Gasteiger partial charge on any atom is 0.307 e. The lowest BCUT2D eigenvalue weighted by Gasteiger charge is -2.27. The number of carbonyl (C=O) groups excluding carboxylic acids is 1. The maximum absolute atomic E-state index is 12.6. The summed E-state index contributed by atoms with van der Waals surface area (Å²) in [6.45, 7) is 1.92. The van der Waals surface area contributed by atoms with Gasteiger partial charge in [-0.2, -0.15) is 5.10 Å². The number of aliphatic carboxylic acids is 1. The molecule has 1 aromatic heterocycles. The van der Waals surface area contributed by atoms with E-state index in [1.54, 1.807) is 0 Å². The van der Waals surface area contributed by atoms with Gasteiger partial charge in [0.05, 0.1) is 23.6 Å². The van der Waals surface area contributed by atoms with Crippen molar-refractivity contribution in [1.29, 1.82) is 0 Å². The molecule has 0 saturated heterocycles. The number of rotatable bonds is 4. The molecule has 0 radical (unpaired) electrons. The third-order valence-corrected chi connectivity index (χ3v) is 5.20. The second kappa shape index (κ2) is 6.72. The predicted octanol–water partition coefficient (Wildman–Crippen LogP) is 3.14. The zero-order valence-electron chi connectivity index (χ0n) is 13.6. The molecule has 0 aliphatic heterocycles. The van der Waals surface area contributed by atoms with Crippen LogP contribution < -0.4 is 5.32 Å². The van der Waals surface area contributed by atoms with Crippen LogP contribution in [0.3, 0.4) is 0 Å². The molecule has 6 heteroatoms. The molecule has 2 atom stereocenters. The molecule has 6 nitrogen and oxygen atoms in total. The fraction of sp³-hybridized carbons (Fsp3) is 0.706. The second-order valence-corrected chi connectivity index (χ2v) is 6.88. The van der Waals surface area contributed by atoms with Crippen molar-refractivity contribution in [3.8, 4) is 0 Å². The summed E-state index contributed by atoms with van der Waals surface area (Å²) in [6.07, 6.45) is 7.62. The molecule has 3 rings (SSSR count). The summed E-state index contributed by atoms with van der Waals surface area (Å²) in [4.78, 5) is 24.0. The van der Waals surface area contributed by atoms with Gasteiger partial charge >= 0.3 is 5.97 Å². The Labute approximate surface area is 136 Å². The molecule has 0 aromatic carbocycles. The van der Waals surface area contributed by atoms with Crippen molar-refractivity contribution in [3.63, 3.8) is 0 Å². The molecule has 23 heavy (non-hydrogen) atoms. The minimum absolute atomic E-state index is 0.170. The average molecular weight is 319 g/mol. The fourth-order valence-electron chi connectivity index (χ4n) is 4.00. The Bertz CT molecular complexity index is 590. The van der Waals surface area contributed by atoms with E-state index in [0.717, 1.165) is 31.4 Å². The summed E-state index contributed by atoms with van der Waals surface area (Å²) in [6, 6.07) is 2.23. The van der Waals surface area contributed by atoms with Crippen LogP contribution in [0.15, 0.2) is 6.07 Å². The zero-order chi connectivity index (χ0) is 16.4. The molecule has 2 aliphatic rings. The van der Waals surface area contributed by atoms with E-state index in [2.05, 4.69) is 10.4 Å². The summed E-state index contributed by atoms with van der Waals surface area (Å²) in [5, 5.41) is 16.8. The highest BCUT2D eigenvalue weighted by molar-refractivity contribution is 5.94. The van der Waals surface area contributed by atoms with Crippen LogP contribution in [0.4, 0.5) is 5.82 Å². The van der Waals surface area contributed by atoms with Gasteiger partial charge in [0, 0.05) is 6.07 Å². The second-order valence-electron chi connectivity index (χ2n) is 6.88. The molecule has 2 unspecified atom stereocenters. The van der Waals surface area contributed by atoms with Crippen LogP contribution in [0.2, 0.25) is 0 Å². The number of carboxylic acids is 1. The fourth-order valence-corrected chi connectivity index (χ4v) is 4.00. The molecule has 126 valence electrons. The van der Waals surface area contributed by atoms with Crippen LogP contribution in [0.25, 0.3) is 0 Å². The minimum atomic E-state index is -0.856. The SMILES string of the molecule is Cc1cc(NC(=O)C2CCCCC2C(=O)O)n(C2CCCC2)n1. The zero-order valence-corrected chi connectivity index (χ0v) is 13.6. The molecular weight excluding hydrogens is 294 g/mol. The molecule has 2 saturated carbocycles. The van der Waals surface area contributed by atoms with E-state index in [4.69, 9.17) is 0 Å². The van der Waals surface area contributed by atoms with Gasteiger partial charge in [0.1, 0.15) is 5.82 Å². The molecule has 1 aromatic rings. The Morgan fingerprint density at radius 1 is 1.13 bits per heavy atom. The van der Waals surface area contributed by atoms with Crippen molar-refractivity contribution >= 4 is 17.7 Å². The molecule has 0 bridgehead atoms. The molecule has 0 spiro atoms. The Balaban J connectivity index is 1.75. The minimum Gasteiger partial charge on any atom is -0.481 e. The van der Waals surface area contributed by atoms with Gasteiger partial charge in [-0.1, -0.05) is 25.7 Å². The lowest BCUT2D eigenvalue weighted by molar-refractivity contribution is -0.147. The van der Waals surface area contributed by atoms with Crippen molar-refractivity contribution < 1.29 is 14.7 Å². The highest BCUT2D eigenvalue weighted by atomic mass is 16.4. The average Bonchev–Trinajstić information content (AvgIpc) is 3.16. The molecule has 1 heterocycles. The Morgan fingerprint density at radius 2 is 1.74 bits per heavy atom. The van der Waals surface area contributed by atoms with E-state index >= 15 is 0 Å². The Morgan fingerprint density at radius 3 is 2.39 bits per heavy atom. The van der Waals surface area contributed by atoms with E-state index in [1.165, 1.54) is 12.8 Å². The lowest BCUT2D eigenvalue weighted by Crippen LogP contribution is -2.36. The highest BCUT2D eigenvalue weighted by Gasteiger charge is 2.36. The number of hydrogen-bond acceptors (Lipinski definition) is 3. The predicted molar refractivity (Wildman–Crippen MR) is 86.2 cm³/mol. The molecular formula is C17H25N3O3. The molecule has 1 amide bonds. The first-order chi connectivity index (χ1) is 11.1. The van der Waals surface area contributed by atoms with Crippen LogP contribution in [0.1, 0.15) is 63.1 Å². The van der Waals surface area contributed by atoms with Crippen LogP contribution in [-0.2, 0) is 9.59 Å². The lowest BCUT2D eigenvalue weighted by atomic mass is 9.79. The topological polar surface area (TPSA) is 84.2 Å². The molecule has 2 aliphatic carbocycles. The van der Waals surface area contributed by atoms with Crippen molar-refractivity contribution in [2.45, 2.75) is 64.3 Å². The van der Waals surface area contributed by atoms with E-state index in [1.807, 2.05) is 17.7 Å². The summed E-state index contributed by atoms with van der Waals surface area (Å²) >= 11 is 0. The number of carbonyl (C=O) groups is 2. The van der Waals surface area contributed by atoms with Gasteiger partial charge < -0.3 is 10.4 Å². The summed E-state index contributed by atoms with van der Waals surface area (Å²) < 4.78 is 1.93. The van der Waals surface area contributed by atoms with Gasteiger partial charge in [0.2, 0.25) is 5.91 Å². The van der Waals surface area contributed by atoms with Gasteiger partial charge in [-0.25, -0.2) is 4.68 Å². The number of amides is 1. The van der Waals surface area contributed by atoms with E-state index in [-0.39, 0.29) is 5.91 Å². The third-order valence-electron chi connectivity index (χ3n) is 5.20. The Kier molecular flexibility index (Phi) is 4.68. The summed E-state index contributed by atoms with van der Waals surface area (Å²) in [7, 11) is 0. The van der Waals surface area contributed by atoms with E-state index in [9.17, 15) is 14.7 Å². The number of hydrogen-bond donors (Lipinski definition) is 2. The van der Waals surface area contributed by atoms with E-state index < -0.39 is 17.8 Å². The van der Waals surface area contributed by atoms with Crippen LogP contribution in [0, 0.1) is 18.8 Å². The van der Waals surface area contributed by atoms with E-state index in [0.29, 0.717) is 24.7 Å². The quantitative estimate of drug-likeness (QED) is 0.893. The van der Waals surface area contributed by atoms with Gasteiger partial charge in [-0.3, -0.25) is 9.59 Å². The van der Waals surface area contributed by atoms with Crippen molar-refractivity contribution in [2.75, 3.05) is 5.32 Å². The number of aromatic nitrogens is 2. The normalized spacial score (nSPS) is 25.4. The number of nitrogens with one attached hydrogen (secondary N) is 1. The van der Waals surface area contributed by atoms with Crippen molar-refractivity contribution in [2.24, 2.45) is 11.8 Å². The first-order valence-corrected chi connectivity index (χ1v) is 8.66. The highest BCUT2D eigenvalue weighted by Crippen LogP contribution is 2.34. The number of aryl methyl sites for hydroxylation is 1. The van der Waals surface area contributed by atoms with Gasteiger partial charge in [0.25, 0.3) is 0 Å². The van der Waals surface area contributed by atoms with Gasteiger partial charge in [0.15, 0.2) is 0 Å². The van der Waals surface area contributed by atoms with Crippen LogP contribution in [0.5, 0.6) is 0 Å². The summed E-state index contributed by atoms with van der Waals surface area (Å²) in [5.41, 5.74) is 0.880. The third kappa shape index (κ3) is 3.41. The smallest absolute Gasteiger partial charge is 0.307 e. The van der Waals surface area contributed by atoms with Crippen LogP contribution >= 0.6 is 0 Å². The van der Waals surface area contributed by atoms with Crippen molar-refractivity contribution in [3.05, 3.63) is 11.8 Å². The first-order valence-electron chi connectivity index (χ1n) is 8.66. The van der Waals surface area contributed by atoms with Gasteiger partial charge in [-0.15, -0.1) is 0 Å². The monoisotopic (exact) mass is 319 g/mol. The first kappa shape index (κ1) is 16.0. The summed E-state index contributed by atoms with van der Waals surface area (Å²) in [5.74, 6) is -1.31. The number of nitrogens with zero attached hydrogens (tertiary/aromatic N) is 2. The largest absolute Gasteiger partial charge is 0.481 e.